The number of pyridine rings is 1. The Morgan fingerprint density at radius 2 is 1.70 bits per heavy atom. The van der Waals surface area contributed by atoms with Crippen molar-refractivity contribution in [2.24, 2.45) is 0 Å². The number of nitrogens with zero attached hydrogens (tertiary/aromatic N) is 2. The molecule has 7 heteroatoms. The molecule has 0 saturated carbocycles. The van der Waals surface area contributed by atoms with E-state index < -0.39 is 17.7 Å². The van der Waals surface area contributed by atoms with Crippen LogP contribution in [0.15, 0.2) is 42.5 Å². The van der Waals surface area contributed by atoms with Gasteiger partial charge in [-0.15, -0.1) is 0 Å². The van der Waals surface area contributed by atoms with Gasteiger partial charge in [-0.3, -0.25) is 0 Å². The smallest absolute Gasteiger partial charge is 0.392 e. The standard InChI is InChI=1S/C20H20F4N2O/c21-15-6-4-14(5-7-15)16(10-13-27)17-8-9-18(20(22,23)24)25-19(17)26-11-2-1-3-12-26/h4-10,27H,1-3,11-13H2/b16-10+. The average Bonchev–Trinajstić information content (AvgIpc) is 2.66. The highest BCUT2D eigenvalue weighted by Crippen LogP contribution is 2.36. The van der Waals surface area contributed by atoms with Crippen LogP contribution in [-0.2, 0) is 6.18 Å². The molecule has 1 aromatic heterocycles. The van der Waals surface area contributed by atoms with Gasteiger partial charge in [0, 0.05) is 18.7 Å². The summed E-state index contributed by atoms with van der Waals surface area (Å²) in [4.78, 5) is 5.77. The van der Waals surface area contributed by atoms with E-state index in [1.165, 1.54) is 36.4 Å². The van der Waals surface area contributed by atoms with Crippen molar-refractivity contribution in [1.82, 2.24) is 4.98 Å². The van der Waals surface area contributed by atoms with Gasteiger partial charge >= 0.3 is 6.18 Å². The van der Waals surface area contributed by atoms with Crippen molar-refractivity contribution in [3.63, 3.8) is 0 Å². The highest BCUT2D eigenvalue weighted by atomic mass is 19.4. The normalized spacial score (nSPS) is 15.9. The number of aliphatic hydroxyl groups excluding tert-OH is 1. The van der Waals surface area contributed by atoms with Crippen molar-refractivity contribution in [3.05, 3.63) is 65.1 Å². The number of benzene rings is 1. The molecule has 0 amide bonds. The summed E-state index contributed by atoms with van der Waals surface area (Å²) in [6.07, 6.45) is -0.243. The second-order valence-corrected chi connectivity index (χ2v) is 6.42. The van der Waals surface area contributed by atoms with Crippen molar-refractivity contribution < 1.29 is 22.7 Å². The lowest BCUT2D eigenvalue weighted by molar-refractivity contribution is -0.141. The quantitative estimate of drug-likeness (QED) is 0.785. The van der Waals surface area contributed by atoms with Gasteiger partial charge < -0.3 is 10.0 Å². The van der Waals surface area contributed by atoms with E-state index in [1.54, 1.807) is 0 Å². The van der Waals surface area contributed by atoms with Gasteiger partial charge in [-0.1, -0.05) is 18.2 Å². The lowest BCUT2D eigenvalue weighted by atomic mass is 9.96. The van der Waals surface area contributed by atoms with Crippen LogP contribution in [0.1, 0.15) is 36.1 Å². The molecule has 2 aromatic rings. The summed E-state index contributed by atoms with van der Waals surface area (Å²) in [6, 6.07) is 7.95. The van der Waals surface area contributed by atoms with E-state index in [4.69, 9.17) is 0 Å². The zero-order chi connectivity index (χ0) is 19.4. The van der Waals surface area contributed by atoms with Crippen LogP contribution in [-0.4, -0.2) is 29.8 Å². The Bertz CT molecular complexity index is 810. The Hall–Kier alpha value is -2.41. The van der Waals surface area contributed by atoms with Crippen molar-refractivity contribution in [1.29, 1.82) is 0 Å². The molecule has 0 bridgehead atoms. The highest BCUT2D eigenvalue weighted by molar-refractivity contribution is 5.85. The SMILES string of the molecule is OC/C=C(\c1ccc(F)cc1)c1ccc(C(F)(F)F)nc1N1CCCCC1. The number of aliphatic hydroxyl groups is 1. The minimum absolute atomic E-state index is 0.244. The second kappa shape index (κ2) is 8.08. The zero-order valence-electron chi connectivity index (χ0n) is 14.6. The fourth-order valence-electron chi connectivity index (χ4n) is 3.27. The van der Waals surface area contributed by atoms with Crippen molar-refractivity contribution in [2.75, 3.05) is 24.6 Å². The molecule has 1 fully saturated rings. The van der Waals surface area contributed by atoms with Crippen LogP contribution in [0.3, 0.4) is 0 Å². The molecular weight excluding hydrogens is 360 g/mol. The monoisotopic (exact) mass is 380 g/mol. The predicted molar refractivity (Wildman–Crippen MR) is 95.9 cm³/mol. The van der Waals surface area contributed by atoms with Crippen LogP contribution in [0.25, 0.3) is 5.57 Å². The number of aromatic nitrogens is 1. The first kappa shape index (κ1) is 19.4. The molecule has 0 atom stereocenters. The second-order valence-electron chi connectivity index (χ2n) is 6.42. The number of hydrogen-bond acceptors (Lipinski definition) is 3. The molecule has 1 N–H and O–H groups in total. The van der Waals surface area contributed by atoms with Crippen LogP contribution in [0.5, 0.6) is 0 Å². The largest absolute Gasteiger partial charge is 0.433 e. The molecule has 1 aliphatic heterocycles. The molecule has 144 valence electrons. The number of hydrogen-bond donors (Lipinski definition) is 1. The number of rotatable bonds is 4. The molecule has 1 aliphatic rings. The van der Waals surface area contributed by atoms with Crippen LogP contribution >= 0.6 is 0 Å². The summed E-state index contributed by atoms with van der Waals surface area (Å²) in [5.74, 6) is -0.169. The Kier molecular flexibility index (Phi) is 5.79. The van der Waals surface area contributed by atoms with E-state index in [0.717, 1.165) is 25.3 Å². The summed E-state index contributed by atoms with van der Waals surface area (Å²) in [7, 11) is 0. The Morgan fingerprint density at radius 3 is 2.30 bits per heavy atom. The number of anilines is 1. The summed E-state index contributed by atoms with van der Waals surface area (Å²) in [5.41, 5.74) is 0.671. The third-order valence-electron chi connectivity index (χ3n) is 4.56. The highest BCUT2D eigenvalue weighted by Gasteiger charge is 2.34. The van der Waals surface area contributed by atoms with Gasteiger partial charge in [-0.05, 0) is 54.7 Å². The summed E-state index contributed by atoms with van der Waals surface area (Å²) < 4.78 is 52.9. The molecular formula is C20H20F4N2O. The van der Waals surface area contributed by atoms with E-state index >= 15 is 0 Å². The molecule has 1 aromatic carbocycles. The minimum Gasteiger partial charge on any atom is -0.392 e. The number of halogens is 4. The first-order chi connectivity index (χ1) is 12.9. The first-order valence-electron chi connectivity index (χ1n) is 8.80. The molecule has 0 aliphatic carbocycles. The van der Waals surface area contributed by atoms with Gasteiger partial charge in [0.25, 0.3) is 0 Å². The van der Waals surface area contributed by atoms with Crippen molar-refractivity contribution >= 4 is 11.4 Å². The lowest BCUT2D eigenvalue weighted by Crippen LogP contribution is -2.31. The van der Waals surface area contributed by atoms with Gasteiger partial charge in [-0.25, -0.2) is 9.37 Å². The molecule has 0 radical (unpaired) electrons. The Labute approximate surface area is 155 Å². The third kappa shape index (κ3) is 4.47. The number of alkyl halides is 3. The van der Waals surface area contributed by atoms with E-state index in [9.17, 15) is 22.7 Å². The van der Waals surface area contributed by atoms with E-state index in [-0.39, 0.29) is 12.4 Å². The summed E-state index contributed by atoms with van der Waals surface area (Å²) in [5, 5.41) is 9.43. The molecule has 27 heavy (non-hydrogen) atoms. The molecule has 3 nitrogen and oxygen atoms in total. The molecule has 1 saturated heterocycles. The van der Waals surface area contributed by atoms with Crippen LogP contribution in [0, 0.1) is 5.82 Å². The molecule has 0 unspecified atom stereocenters. The Balaban J connectivity index is 2.13. The Morgan fingerprint density at radius 1 is 1.04 bits per heavy atom. The van der Waals surface area contributed by atoms with Crippen molar-refractivity contribution in [2.45, 2.75) is 25.4 Å². The molecule has 2 heterocycles. The minimum atomic E-state index is -4.54. The fraction of sp³-hybridized carbons (Fsp3) is 0.350. The topological polar surface area (TPSA) is 36.4 Å². The van der Waals surface area contributed by atoms with Gasteiger partial charge in [0.1, 0.15) is 17.3 Å². The van der Waals surface area contributed by atoms with E-state index in [0.29, 0.717) is 29.8 Å². The predicted octanol–water partition coefficient (Wildman–Crippen LogP) is 4.65. The van der Waals surface area contributed by atoms with E-state index in [1.807, 2.05) is 4.90 Å². The van der Waals surface area contributed by atoms with Gasteiger partial charge in [0.15, 0.2) is 0 Å². The maximum absolute atomic E-state index is 13.3. The van der Waals surface area contributed by atoms with E-state index in [2.05, 4.69) is 4.98 Å². The van der Waals surface area contributed by atoms with Crippen molar-refractivity contribution in [3.8, 4) is 0 Å². The van der Waals surface area contributed by atoms with Crippen LogP contribution in [0.2, 0.25) is 0 Å². The fourth-order valence-corrected chi connectivity index (χ4v) is 3.27. The van der Waals surface area contributed by atoms with Crippen LogP contribution in [0.4, 0.5) is 23.4 Å². The van der Waals surface area contributed by atoms with Gasteiger partial charge in [0.2, 0.25) is 0 Å². The molecule has 3 rings (SSSR count). The average molecular weight is 380 g/mol. The maximum atomic E-state index is 13.3. The number of piperidine rings is 1. The van der Waals surface area contributed by atoms with Crippen LogP contribution < -0.4 is 4.90 Å². The third-order valence-corrected chi connectivity index (χ3v) is 4.56. The lowest BCUT2D eigenvalue weighted by Gasteiger charge is -2.30. The van der Waals surface area contributed by atoms with Gasteiger partial charge in [-0.2, -0.15) is 13.2 Å². The zero-order valence-corrected chi connectivity index (χ0v) is 14.6. The first-order valence-corrected chi connectivity index (χ1v) is 8.80. The molecule has 0 spiro atoms. The maximum Gasteiger partial charge on any atom is 0.433 e. The summed E-state index contributed by atoms with van der Waals surface area (Å²) in [6.45, 7) is 0.946. The van der Waals surface area contributed by atoms with Gasteiger partial charge in [0.05, 0.1) is 6.61 Å². The summed E-state index contributed by atoms with van der Waals surface area (Å²) >= 11 is 0.